The van der Waals surface area contributed by atoms with Gasteiger partial charge < -0.3 is 0 Å². The maximum atomic E-state index is 10.6. The van der Waals surface area contributed by atoms with Gasteiger partial charge in [0.05, 0.1) is 0 Å². The summed E-state index contributed by atoms with van der Waals surface area (Å²) in [5.74, 6) is 0. The van der Waals surface area contributed by atoms with Crippen LogP contribution in [0.3, 0.4) is 0 Å². The van der Waals surface area contributed by atoms with Gasteiger partial charge >= 0.3 is 0 Å². The van der Waals surface area contributed by atoms with E-state index in [2.05, 4.69) is 0 Å². The number of hydrogen-bond donors (Lipinski definition) is 0. The second-order valence-electron chi connectivity index (χ2n) is 2.96. The minimum atomic E-state index is -0.449. The molecular weight excluding hydrogens is 216 g/mol. The Labute approximate surface area is 86.5 Å². The quantitative estimate of drug-likeness (QED) is 0.725. The van der Waals surface area contributed by atoms with Crippen molar-refractivity contribution in [3.8, 4) is 0 Å². The van der Waals surface area contributed by atoms with Crippen molar-refractivity contribution >= 4 is 16.9 Å². The molecule has 0 saturated carbocycles. The molecule has 3 nitrogen and oxygen atoms in total. The lowest BCUT2D eigenvalue weighted by Gasteiger charge is -2.16. The molecule has 0 fully saturated rings. The van der Waals surface area contributed by atoms with Gasteiger partial charge in [0.1, 0.15) is 0 Å². The smallest absolute Gasteiger partial charge is 0.187 e. The standard InChI is InChI=1S/C9H11NO2P2/c1-10(9(13-11)14-12)7-8-5-3-2-4-6-8/h2-6,9H,7H2,1H3. The van der Waals surface area contributed by atoms with E-state index in [1.165, 1.54) is 0 Å². The van der Waals surface area contributed by atoms with Gasteiger partial charge in [-0.05, 0) is 12.6 Å². The lowest BCUT2D eigenvalue weighted by molar-refractivity contribution is 0.352. The molecule has 0 amide bonds. The predicted molar refractivity (Wildman–Crippen MR) is 56.9 cm³/mol. The van der Waals surface area contributed by atoms with E-state index in [9.17, 15) is 9.13 Å². The molecule has 0 saturated heterocycles. The summed E-state index contributed by atoms with van der Waals surface area (Å²) in [4.78, 5) is 1.79. The summed E-state index contributed by atoms with van der Waals surface area (Å²) in [6.07, 6.45) is 0. The van der Waals surface area contributed by atoms with E-state index in [-0.39, 0.29) is 16.9 Å². The average molecular weight is 227 g/mol. The highest BCUT2D eigenvalue weighted by Gasteiger charge is 2.14. The zero-order chi connectivity index (χ0) is 10.4. The second kappa shape index (κ2) is 5.98. The molecule has 0 N–H and O–H groups in total. The largest absolute Gasteiger partial charge is 0.279 e. The second-order valence-corrected chi connectivity index (χ2v) is 4.77. The fourth-order valence-corrected chi connectivity index (χ4v) is 1.77. The predicted octanol–water partition coefficient (Wildman–Crippen LogP) is 2.99. The van der Waals surface area contributed by atoms with Crippen LogP contribution in [0.1, 0.15) is 5.56 Å². The highest BCUT2D eigenvalue weighted by Crippen LogP contribution is 2.23. The minimum Gasteiger partial charge on any atom is -0.279 e. The van der Waals surface area contributed by atoms with Crippen LogP contribution in [0.4, 0.5) is 0 Å². The normalized spacial score (nSPS) is 13.6. The van der Waals surface area contributed by atoms with Crippen LogP contribution in [-0.4, -0.2) is 17.5 Å². The monoisotopic (exact) mass is 227 g/mol. The fourth-order valence-electron chi connectivity index (χ4n) is 1.13. The van der Waals surface area contributed by atoms with E-state index in [0.29, 0.717) is 6.54 Å². The minimum absolute atomic E-state index is 0.110. The number of rotatable bonds is 5. The van der Waals surface area contributed by atoms with Crippen molar-refractivity contribution in [1.29, 1.82) is 0 Å². The molecule has 0 aliphatic carbocycles. The summed E-state index contributed by atoms with van der Waals surface area (Å²) >= 11 is 0. The van der Waals surface area contributed by atoms with Crippen LogP contribution < -0.4 is 0 Å². The van der Waals surface area contributed by atoms with Crippen molar-refractivity contribution < 1.29 is 9.13 Å². The first-order valence-electron chi connectivity index (χ1n) is 4.17. The van der Waals surface area contributed by atoms with Gasteiger partial charge in [0, 0.05) is 6.54 Å². The molecule has 5 heteroatoms. The molecule has 14 heavy (non-hydrogen) atoms. The van der Waals surface area contributed by atoms with Gasteiger partial charge in [-0.15, -0.1) is 0 Å². The van der Waals surface area contributed by atoms with Crippen molar-refractivity contribution in [3.05, 3.63) is 35.9 Å². The molecule has 0 radical (unpaired) electrons. The summed E-state index contributed by atoms with van der Waals surface area (Å²) in [7, 11) is 1.58. The molecule has 1 aromatic rings. The number of benzene rings is 1. The first kappa shape index (κ1) is 11.5. The molecule has 0 spiro atoms. The van der Waals surface area contributed by atoms with Gasteiger partial charge in [-0.25, -0.2) is 0 Å². The first-order chi connectivity index (χ1) is 6.77. The highest BCUT2D eigenvalue weighted by molar-refractivity contribution is 7.44. The first-order valence-corrected chi connectivity index (χ1v) is 5.93. The third kappa shape index (κ3) is 3.26. The Balaban J connectivity index is 2.60. The SMILES string of the molecule is CN(Cc1ccccc1)C(P=O)P=O. The van der Waals surface area contributed by atoms with E-state index >= 15 is 0 Å². The van der Waals surface area contributed by atoms with E-state index in [1.807, 2.05) is 30.3 Å². The zero-order valence-electron chi connectivity index (χ0n) is 7.83. The Morgan fingerprint density at radius 3 is 2.29 bits per heavy atom. The fraction of sp³-hybridized carbons (Fsp3) is 0.333. The Kier molecular flexibility index (Phi) is 4.89. The topological polar surface area (TPSA) is 37.4 Å². The van der Waals surface area contributed by atoms with Crippen LogP contribution in [0.5, 0.6) is 0 Å². The average Bonchev–Trinajstić information content (AvgIpc) is 2.21. The van der Waals surface area contributed by atoms with Crippen LogP contribution in [0, 0.1) is 0 Å². The molecule has 1 rings (SSSR count). The van der Waals surface area contributed by atoms with E-state index in [4.69, 9.17) is 0 Å². The molecule has 0 unspecified atom stereocenters. The van der Waals surface area contributed by atoms with E-state index in [1.54, 1.807) is 11.9 Å². The Morgan fingerprint density at radius 1 is 1.21 bits per heavy atom. The molecule has 0 aliphatic heterocycles. The van der Waals surface area contributed by atoms with Crippen LogP contribution >= 0.6 is 16.9 Å². The van der Waals surface area contributed by atoms with E-state index in [0.717, 1.165) is 5.56 Å². The maximum Gasteiger partial charge on any atom is 0.187 e. The molecule has 0 aliphatic rings. The van der Waals surface area contributed by atoms with Crippen LogP contribution in [-0.2, 0) is 15.7 Å². The zero-order valence-corrected chi connectivity index (χ0v) is 9.62. The lowest BCUT2D eigenvalue weighted by atomic mass is 10.2. The summed E-state index contributed by atoms with van der Waals surface area (Å²) in [5, 5.41) is 0. The van der Waals surface area contributed by atoms with Crippen LogP contribution in [0.25, 0.3) is 0 Å². The molecule has 74 valence electrons. The molecule has 0 bridgehead atoms. The van der Waals surface area contributed by atoms with Gasteiger partial charge in [-0.1, -0.05) is 30.3 Å². The molecular formula is C9H11NO2P2. The Bertz CT molecular complexity index is 297. The van der Waals surface area contributed by atoms with Gasteiger partial charge in [-0.2, -0.15) is 0 Å². The summed E-state index contributed by atoms with van der Waals surface area (Å²) in [6, 6.07) is 9.80. The highest BCUT2D eigenvalue weighted by atomic mass is 31.1. The molecule has 0 aromatic heterocycles. The van der Waals surface area contributed by atoms with Crippen LogP contribution in [0.15, 0.2) is 30.3 Å². The van der Waals surface area contributed by atoms with Gasteiger partial charge in [0.25, 0.3) is 0 Å². The maximum absolute atomic E-state index is 10.6. The van der Waals surface area contributed by atoms with Crippen LogP contribution in [0.2, 0.25) is 0 Å². The van der Waals surface area contributed by atoms with Crippen molar-refractivity contribution in [3.63, 3.8) is 0 Å². The van der Waals surface area contributed by atoms with Gasteiger partial charge in [-0.3, -0.25) is 14.0 Å². The van der Waals surface area contributed by atoms with Gasteiger partial charge in [0.15, 0.2) is 22.4 Å². The lowest BCUT2D eigenvalue weighted by Crippen LogP contribution is -2.22. The van der Waals surface area contributed by atoms with E-state index < -0.39 is 5.52 Å². The summed E-state index contributed by atoms with van der Waals surface area (Å²) in [5.41, 5.74) is 0.669. The van der Waals surface area contributed by atoms with Crippen molar-refractivity contribution in [2.75, 3.05) is 7.05 Å². The van der Waals surface area contributed by atoms with Crippen molar-refractivity contribution in [2.24, 2.45) is 0 Å². The Morgan fingerprint density at radius 2 is 1.79 bits per heavy atom. The third-order valence-electron chi connectivity index (χ3n) is 1.86. The molecule has 1 aromatic carbocycles. The number of nitrogens with zero attached hydrogens (tertiary/aromatic N) is 1. The molecule has 0 atom stereocenters. The van der Waals surface area contributed by atoms with Crippen molar-refractivity contribution in [2.45, 2.75) is 12.1 Å². The molecule has 0 heterocycles. The third-order valence-corrected chi connectivity index (χ3v) is 3.59. The Hall–Kier alpha value is -0.620. The van der Waals surface area contributed by atoms with Crippen molar-refractivity contribution in [1.82, 2.24) is 4.90 Å². The summed E-state index contributed by atoms with van der Waals surface area (Å²) < 4.78 is 21.2. The summed E-state index contributed by atoms with van der Waals surface area (Å²) in [6.45, 7) is 0.649. The van der Waals surface area contributed by atoms with Gasteiger partial charge in [0.2, 0.25) is 0 Å². The number of hydrogen-bond acceptors (Lipinski definition) is 3.